The van der Waals surface area contributed by atoms with Gasteiger partial charge in [0.15, 0.2) is 5.60 Å². The van der Waals surface area contributed by atoms with Crippen molar-refractivity contribution in [2.24, 2.45) is 5.92 Å². The van der Waals surface area contributed by atoms with Crippen LogP contribution in [0.25, 0.3) is 0 Å². The van der Waals surface area contributed by atoms with Crippen LogP contribution in [0.4, 0.5) is 26.7 Å². The van der Waals surface area contributed by atoms with E-state index < -0.39 is 29.6 Å². The van der Waals surface area contributed by atoms with Gasteiger partial charge < -0.3 is 29.5 Å². The molecule has 6 rings (SSSR count). The van der Waals surface area contributed by atoms with Crippen molar-refractivity contribution in [1.29, 1.82) is 0 Å². The Bertz CT molecular complexity index is 1730. The van der Waals surface area contributed by atoms with E-state index in [1.54, 1.807) is 54.3 Å². The Morgan fingerprint density at radius 3 is 2.23 bits per heavy atom. The third kappa shape index (κ3) is 6.36. The van der Waals surface area contributed by atoms with Gasteiger partial charge in [0, 0.05) is 42.4 Å². The molecule has 2 atom stereocenters. The predicted octanol–water partition coefficient (Wildman–Crippen LogP) is 3.94. The maximum atomic E-state index is 14.3. The molecule has 250 valence electrons. The normalized spacial score (nSPS) is 19.6. The minimum absolute atomic E-state index is 0.00337. The molecule has 0 unspecified atom stereocenters. The summed E-state index contributed by atoms with van der Waals surface area (Å²) in [6.45, 7) is 3.44. The zero-order chi connectivity index (χ0) is 33.8. The topological polar surface area (TPSA) is 140 Å². The lowest BCUT2D eigenvalue weighted by atomic mass is 9.82. The van der Waals surface area contributed by atoms with Crippen LogP contribution < -0.4 is 14.7 Å². The fourth-order valence-corrected chi connectivity index (χ4v) is 6.38. The zero-order valence-corrected chi connectivity index (χ0v) is 26.7. The second-order valence-corrected chi connectivity index (χ2v) is 12.0. The van der Waals surface area contributed by atoms with E-state index in [0.717, 1.165) is 11.1 Å². The Morgan fingerprint density at radius 1 is 0.917 bits per heavy atom. The van der Waals surface area contributed by atoms with E-state index in [1.165, 1.54) is 14.7 Å². The number of nitrogens with zero attached hydrogens (tertiary/aromatic N) is 4. The number of carbonyl (C=O) groups is 4. The van der Waals surface area contributed by atoms with Crippen LogP contribution in [0.15, 0.2) is 84.9 Å². The van der Waals surface area contributed by atoms with Crippen molar-refractivity contribution < 1.29 is 38.9 Å². The van der Waals surface area contributed by atoms with Gasteiger partial charge in [-0.25, -0.2) is 9.59 Å². The number of anilines is 3. The maximum Gasteiger partial charge on any atom is 0.414 e. The minimum Gasteiger partial charge on any atom is -0.447 e. The average Bonchev–Trinajstić information content (AvgIpc) is 3.78. The highest BCUT2D eigenvalue weighted by Gasteiger charge is 2.53. The standard InChI is InChI=1S/C36H38N4O8/c1-25(7-5-12-32(42)37(15-18-41)23-26-8-3-2-4-9-26)36(46)30-22-29(39-17-20-48-35(39)45)13-14-31(30)40(33(36)43)24-27-10-6-11-28(21-27)38-16-19-47-34(38)44/h2-11,13-14,21-22,25,41,46H,12,15-20,23-24H2,1H3/b7-5+/t25-,36+/m0/s1. The number of ether oxygens (including phenoxy) is 2. The van der Waals surface area contributed by atoms with Crippen LogP contribution in [-0.2, 0) is 37.8 Å². The number of fused-ring (bicyclic) bond motifs is 1. The molecule has 12 nitrogen and oxygen atoms in total. The Hall–Kier alpha value is -5.20. The van der Waals surface area contributed by atoms with Crippen molar-refractivity contribution in [3.8, 4) is 0 Å². The highest BCUT2D eigenvalue weighted by Crippen LogP contribution is 2.47. The molecule has 0 radical (unpaired) electrons. The summed E-state index contributed by atoms with van der Waals surface area (Å²) in [5, 5.41) is 21.9. The summed E-state index contributed by atoms with van der Waals surface area (Å²) in [6, 6.07) is 21.8. The quantitative estimate of drug-likeness (QED) is 0.280. The summed E-state index contributed by atoms with van der Waals surface area (Å²) in [5.74, 6) is -1.53. The van der Waals surface area contributed by atoms with Crippen molar-refractivity contribution in [3.63, 3.8) is 0 Å². The summed E-state index contributed by atoms with van der Waals surface area (Å²) in [4.78, 5) is 58.0. The Labute approximate surface area is 278 Å². The number of hydrogen-bond donors (Lipinski definition) is 2. The van der Waals surface area contributed by atoms with Crippen LogP contribution in [0.5, 0.6) is 0 Å². The molecule has 0 saturated carbocycles. The number of hydrogen-bond acceptors (Lipinski definition) is 8. The van der Waals surface area contributed by atoms with Crippen LogP contribution in [0.2, 0.25) is 0 Å². The summed E-state index contributed by atoms with van der Waals surface area (Å²) in [6.07, 6.45) is 2.35. The van der Waals surface area contributed by atoms with Crippen LogP contribution in [0.3, 0.4) is 0 Å². The first-order chi connectivity index (χ1) is 23.2. The van der Waals surface area contributed by atoms with Crippen LogP contribution >= 0.6 is 0 Å². The average molecular weight is 655 g/mol. The molecule has 0 bridgehead atoms. The monoisotopic (exact) mass is 654 g/mol. The van der Waals surface area contributed by atoms with Gasteiger partial charge in [-0.05, 0) is 41.5 Å². The second-order valence-electron chi connectivity index (χ2n) is 12.0. The van der Waals surface area contributed by atoms with Crippen LogP contribution in [0.1, 0.15) is 30.0 Å². The van der Waals surface area contributed by atoms with Gasteiger partial charge in [-0.15, -0.1) is 0 Å². The lowest BCUT2D eigenvalue weighted by molar-refractivity contribution is -0.139. The largest absolute Gasteiger partial charge is 0.447 e. The van der Waals surface area contributed by atoms with E-state index in [4.69, 9.17) is 9.47 Å². The van der Waals surface area contributed by atoms with E-state index in [1.807, 2.05) is 42.5 Å². The highest BCUT2D eigenvalue weighted by atomic mass is 16.6. The summed E-state index contributed by atoms with van der Waals surface area (Å²) in [5.41, 5.74) is 1.60. The molecular formula is C36H38N4O8. The molecule has 0 aliphatic carbocycles. The van der Waals surface area contributed by atoms with Crippen LogP contribution in [-0.4, -0.2) is 78.6 Å². The van der Waals surface area contributed by atoms with Crippen LogP contribution in [0, 0.1) is 5.92 Å². The zero-order valence-electron chi connectivity index (χ0n) is 26.7. The summed E-state index contributed by atoms with van der Waals surface area (Å²) in [7, 11) is 0. The molecular weight excluding hydrogens is 616 g/mol. The molecule has 3 heterocycles. The molecule has 3 aliphatic rings. The van der Waals surface area contributed by atoms with E-state index in [2.05, 4.69) is 0 Å². The second kappa shape index (κ2) is 13.9. The molecule has 12 heteroatoms. The molecule has 3 aliphatic heterocycles. The van der Waals surface area contributed by atoms with Crippen molar-refractivity contribution in [2.75, 3.05) is 54.2 Å². The number of cyclic esters (lactones) is 2. The van der Waals surface area contributed by atoms with Crippen molar-refractivity contribution >= 4 is 41.1 Å². The predicted molar refractivity (Wildman–Crippen MR) is 177 cm³/mol. The van der Waals surface area contributed by atoms with Crippen molar-refractivity contribution in [1.82, 2.24) is 4.90 Å². The number of aliphatic hydroxyl groups excluding tert-OH is 1. The fourth-order valence-electron chi connectivity index (χ4n) is 6.38. The van der Waals surface area contributed by atoms with E-state index in [9.17, 15) is 29.4 Å². The number of amides is 4. The molecule has 4 amide bonds. The first-order valence-electron chi connectivity index (χ1n) is 16.0. The van der Waals surface area contributed by atoms with Gasteiger partial charge >= 0.3 is 12.2 Å². The molecule has 3 aromatic rings. The third-order valence-corrected chi connectivity index (χ3v) is 8.96. The number of carbonyl (C=O) groups excluding carboxylic acids is 4. The summed E-state index contributed by atoms with van der Waals surface area (Å²) < 4.78 is 10.2. The molecule has 3 aromatic carbocycles. The number of benzene rings is 3. The maximum absolute atomic E-state index is 14.3. The van der Waals surface area contributed by atoms with Gasteiger partial charge in [0.25, 0.3) is 5.91 Å². The van der Waals surface area contributed by atoms with Gasteiger partial charge in [-0.1, -0.05) is 61.5 Å². The lowest BCUT2D eigenvalue weighted by Gasteiger charge is -2.28. The van der Waals surface area contributed by atoms with E-state index in [-0.39, 0.29) is 38.6 Å². The van der Waals surface area contributed by atoms with E-state index in [0.29, 0.717) is 48.9 Å². The van der Waals surface area contributed by atoms with Crippen molar-refractivity contribution in [3.05, 3.63) is 102 Å². The molecule has 0 spiro atoms. The molecule has 48 heavy (non-hydrogen) atoms. The highest BCUT2D eigenvalue weighted by molar-refractivity contribution is 6.08. The first kappa shape index (κ1) is 32.7. The Morgan fingerprint density at radius 2 is 1.58 bits per heavy atom. The Balaban J connectivity index is 1.26. The van der Waals surface area contributed by atoms with Gasteiger partial charge in [-0.3, -0.25) is 19.4 Å². The van der Waals surface area contributed by atoms with Gasteiger partial charge in [0.05, 0.1) is 31.9 Å². The number of aliphatic hydroxyl groups is 2. The smallest absolute Gasteiger partial charge is 0.414 e. The SMILES string of the molecule is C[C@@H](/C=C/CC(=O)N(CCO)Cc1ccccc1)[C@]1(O)C(=O)N(Cc2cccc(N3CCOC3=O)c2)c2ccc(N3CCOC3=O)cc21. The first-order valence-corrected chi connectivity index (χ1v) is 16.0. The molecule has 2 saturated heterocycles. The van der Waals surface area contributed by atoms with Gasteiger partial charge in [0.1, 0.15) is 13.2 Å². The van der Waals surface area contributed by atoms with Gasteiger partial charge in [0.2, 0.25) is 5.91 Å². The lowest BCUT2D eigenvalue weighted by Crippen LogP contribution is -2.44. The molecule has 2 N–H and O–H groups in total. The third-order valence-electron chi connectivity index (χ3n) is 8.96. The number of rotatable bonds is 12. The fraction of sp³-hybridized carbons (Fsp3) is 0.333. The van der Waals surface area contributed by atoms with Crippen molar-refractivity contribution in [2.45, 2.75) is 32.0 Å². The molecule has 0 aromatic heterocycles. The molecule has 2 fully saturated rings. The minimum atomic E-state index is -2.01. The summed E-state index contributed by atoms with van der Waals surface area (Å²) >= 11 is 0. The van der Waals surface area contributed by atoms with Gasteiger partial charge in [-0.2, -0.15) is 0 Å². The Kier molecular flexibility index (Phi) is 9.47. The van der Waals surface area contributed by atoms with E-state index >= 15 is 0 Å².